The van der Waals surface area contributed by atoms with Crippen molar-refractivity contribution in [3.05, 3.63) is 34.3 Å². The van der Waals surface area contributed by atoms with Crippen molar-refractivity contribution < 1.29 is 8.42 Å². The minimum absolute atomic E-state index is 0.235. The van der Waals surface area contributed by atoms with Gasteiger partial charge >= 0.3 is 0 Å². The van der Waals surface area contributed by atoms with Gasteiger partial charge in [0.2, 0.25) is 0 Å². The molecular formula is C11H14Br2O2S. The number of halogens is 2. The van der Waals surface area contributed by atoms with Gasteiger partial charge in [0.05, 0.1) is 5.75 Å². The fourth-order valence-corrected chi connectivity index (χ4v) is 3.10. The van der Waals surface area contributed by atoms with Crippen LogP contribution in [0.4, 0.5) is 0 Å². The topological polar surface area (TPSA) is 34.1 Å². The summed E-state index contributed by atoms with van der Waals surface area (Å²) in [6.45, 7) is 0. The molecule has 0 saturated carbocycles. The Hall–Kier alpha value is 0.130. The van der Waals surface area contributed by atoms with Gasteiger partial charge in [-0.25, -0.2) is 8.42 Å². The maximum absolute atomic E-state index is 11.1. The normalized spacial score (nSPS) is 13.7. The van der Waals surface area contributed by atoms with Crippen molar-refractivity contribution in [3.8, 4) is 0 Å². The molecule has 0 aliphatic rings. The minimum Gasteiger partial charge on any atom is -0.229 e. The number of rotatable bonds is 5. The highest BCUT2D eigenvalue weighted by Crippen LogP contribution is 2.24. The Labute approximate surface area is 114 Å². The summed E-state index contributed by atoms with van der Waals surface area (Å²) in [4.78, 5) is 0. The van der Waals surface area contributed by atoms with E-state index in [0.717, 1.165) is 9.80 Å². The van der Waals surface area contributed by atoms with E-state index in [0.29, 0.717) is 6.42 Å². The van der Waals surface area contributed by atoms with Gasteiger partial charge in [0.1, 0.15) is 9.84 Å². The average Bonchev–Trinajstić information content (AvgIpc) is 2.20. The molecule has 1 aromatic carbocycles. The molecule has 1 unspecified atom stereocenters. The Bertz CT molecular complexity index is 426. The summed E-state index contributed by atoms with van der Waals surface area (Å²) in [5.41, 5.74) is 1.17. The van der Waals surface area contributed by atoms with Gasteiger partial charge < -0.3 is 0 Å². The summed E-state index contributed by atoms with van der Waals surface area (Å²) in [6, 6.07) is 8.01. The van der Waals surface area contributed by atoms with E-state index in [1.165, 1.54) is 11.8 Å². The van der Waals surface area contributed by atoms with Crippen LogP contribution in [0.15, 0.2) is 28.7 Å². The molecular weight excluding hydrogens is 356 g/mol. The second-order valence-corrected chi connectivity index (χ2v) is 7.64. The fraction of sp³-hybridized carbons (Fsp3) is 0.455. The molecule has 0 saturated heterocycles. The van der Waals surface area contributed by atoms with Crippen molar-refractivity contribution in [1.82, 2.24) is 0 Å². The third-order valence-corrected chi connectivity index (χ3v) is 4.65. The van der Waals surface area contributed by atoms with Crippen molar-refractivity contribution in [1.29, 1.82) is 0 Å². The standard InChI is InChI=1S/C11H14Br2O2S/c1-16(14,15)7-6-10(8-12)9-2-4-11(13)5-3-9/h2-5,10H,6-8H2,1H3. The van der Waals surface area contributed by atoms with E-state index in [2.05, 4.69) is 31.9 Å². The van der Waals surface area contributed by atoms with Gasteiger partial charge in [-0.3, -0.25) is 0 Å². The molecule has 0 N–H and O–H groups in total. The predicted molar refractivity (Wildman–Crippen MR) is 75.0 cm³/mol. The molecule has 0 aliphatic heterocycles. The molecule has 0 aromatic heterocycles. The monoisotopic (exact) mass is 368 g/mol. The Morgan fingerprint density at radius 2 is 1.81 bits per heavy atom. The van der Waals surface area contributed by atoms with Crippen molar-refractivity contribution in [2.45, 2.75) is 12.3 Å². The Morgan fingerprint density at radius 3 is 2.25 bits per heavy atom. The third-order valence-electron chi connectivity index (χ3n) is 2.36. The molecule has 1 atom stereocenters. The Morgan fingerprint density at radius 1 is 1.25 bits per heavy atom. The van der Waals surface area contributed by atoms with Gasteiger partial charge in [0.15, 0.2) is 0 Å². The molecule has 90 valence electrons. The van der Waals surface area contributed by atoms with Crippen LogP contribution in [0.3, 0.4) is 0 Å². The SMILES string of the molecule is CS(=O)(=O)CCC(CBr)c1ccc(Br)cc1. The first kappa shape index (κ1) is 14.2. The lowest BCUT2D eigenvalue weighted by atomic mass is 9.99. The van der Waals surface area contributed by atoms with Crippen LogP contribution in [-0.2, 0) is 9.84 Å². The number of benzene rings is 1. The summed E-state index contributed by atoms with van der Waals surface area (Å²) in [7, 11) is -2.88. The fourth-order valence-electron chi connectivity index (χ4n) is 1.42. The second kappa shape index (κ2) is 6.17. The van der Waals surface area contributed by atoms with Crippen molar-refractivity contribution in [2.24, 2.45) is 0 Å². The molecule has 1 rings (SSSR count). The van der Waals surface area contributed by atoms with E-state index in [9.17, 15) is 8.42 Å². The molecule has 0 spiro atoms. The lowest BCUT2D eigenvalue weighted by molar-refractivity contribution is 0.595. The zero-order chi connectivity index (χ0) is 12.2. The highest BCUT2D eigenvalue weighted by atomic mass is 79.9. The molecule has 0 aliphatic carbocycles. The second-order valence-electron chi connectivity index (χ2n) is 3.82. The van der Waals surface area contributed by atoms with Crippen molar-refractivity contribution >= 4 is 41.7 Å². The van der Waals surface area contributed by atoms with Crippen LogP contribution in [-0.4, -0.2) is 25.8 Å². The lowest BCUT2D eigenvalue weighted by Crippen LogP contribution is -2.09. The number of alkyl halides is 1. The van der Waals surface area contributed by atoms with Gasteiger partial charge in [-0.2, -0.15) is 0 Å². The van der Waals surface area contributed by atoms with Gasteiger partial charge in [0, 0.05) is 16.1 Å². The molecule has 0 bridgehead atoms. The van der Waals surface area contributed by atoms with Gasteiger partial charge in [-0.05, 0) is 30.0 Å². The van der Waals surface area contributed by atoms with E-state index in [1.807, 2.05) is 24.3 Å². The molecule has 16 heavy (non-hydrogen) atoms. The summed E-state index contributed by atoms with van der Waals surface area (Å²) >= 11 is 6.81. The van der Waals surface area contributed by atoms with Crippen LogP contribution in [0.5, 0.6) is 0 Å². The Balaban J connectivity index is 2.71. The highest BCUT2D eigenvalue weighted by molar-refractivity contribution is 9.10. The van der Waals surface area contributed by atoms with E-state index >= 15 is 0 Å². The molecule has 0 radical (unpaired) electrons. The maximum atomic E-state index is 11.1. The Kier molecular flexibility index (Phi) is 5.47. The van der Waals surface area contributed by atoms with Crippen LogP contribution in [0.1, 0.15) is 17.9 Å². The van der Waals surface area contributed by atoms with Gasteiger partial charge in [-0.1, -0.05) is 44.0 Å². The summed E-state index contributed by atoms with van der Waals surface area (Å²) in [5.74, 6) is 0.488. The largest absolute Gasteiger partial charge is 0.229 e. The maximum Gasteiger partial charge on any atom is 0.147 e. The van der Waals surface area contributed by atoms with Crippen LogP contribution in [0.2, 0.25) is 0 Å². The van der Waals surface area contributed by atoms with E-state index < -0.39 is 9.84 Å². The number of hydrogen-bond acceptors (Lipinski definition) is 2. The lowest BCUT2D eigenvalue weighted by Gasteiger charge is -2.13. The molecule has 0 heterocycles. The molecule has 5 heteroatoms. The van der Waals surface area contributed by atoms with E-state index in [1.54, 1.807) is 0 Å². The minimum atomic E-state index is -2.88. The van der Waals surface area contributed by atoms with Gasteiger partial charge in [-0.15, -0.1) is 0 Å². The highest BCUT2D eigenvalue weighted by Gasteiger charge is 2.13. The zero-order valence-electron chi connectivity index (χ0n) is 8.99. The van der Waals surface area contributed by atoms with Crippen LogP contribution in [0.25, 0.3) is 0 Å². The van der Waals surface area contributed by atoms with Crippen LogP contribution < -0.4 is 0 Å². The first-order chi connectivity index (χ1) is 7.42. The number of hydrogen-bond donors (Lipinski definition) is 0. The molecule has 1 aromatic rings. The summed E-state index contributed by atoms with van der Waals surface area (Å²) in [6.07, 6.45) is 1.94. The molecule has 0 fully saturated rings. The van der Waals surface area contributed by atoms with Crippen LogP contribution >= 0.6 is 31.9 Å². The van der Waals surface area contributed by atoms with E-state index in [-0.39, 0.29) is 11.7 Å². The number of sulfone groups is 1. The van der Waals surface area contributed by atoms with E-state index in [4.69, 9.17) is 0 Å². The third kappa shape index (κ3) is 4.97. The van der Waals surface area contributed by atoms with Crippen molar-refractivity contribution in [3.63, 3.8) is 0 Å². The first-order valence-corrected chi connectivity index (χ1v) is 8.89. The van der Waals surface area contributed by atoms with Crippen LogP contribution in [0, 0.1) is 0 Å². The zero-order valence-corrected chi connectivity index (χ0v) is 13.0. The summed E-state index contributed by atoms with van der Waals surface area (Å²) < 4.78 is 23.3. The summed E-state index contributed by atoms with van der Waals surface area (Å²) in [5, 5.41) is 0.782. The quantitative estimate of drug-likeness (QED) is 0.745. The molecule has 0 amide bonds. The van der Waals surface area contributed by atoms with Gasteiger partial charge in [0.25, 0.3) is 0 Å². The smallest absolute Gasteiger partial charge is 0.147 e. The molecule has 2 nitrogen and oxygen atoms in total. The predicted octanol–water partition coefficient (Wildman–Crippen LogP) is 3.36. The van der Waals surface area contributed by atoms with Crippen molar-refractivity contribution in [2.75, 3.05) is 17.3 Å². The first-order valence-electron chi connectivity index (χ1n) is 4.91. The average molecular weight is 370 g/mol.